The molecule has 0 heterocycles. The second kappa shape index (κ2) is 6.30. The van der Waals surface area contributed by atoms with Gasteiger partial charge in [0.15, 0.2) is 0 Å². The van der Waals surface area contributed by atoms with Crippen LogP contribution in [0.1, 0.15) is 53.9 Å². The fourth-order valence-corrected chi connectivity index (χ4v) is 3.90. The summed E-state index contributed by atoms with van der Waals surface area (Å²) in [5.74, 6) is 3.37. The molecule has 2 heteroatoms. The summed E-state index contributed by atoms with van der Waals surface area (Å²) in [6.07, 6.45) is 4.10. The van der Waals surface area contributed by atoms with Gasteiger partial charge in [-0.15, -0.1) is 0 Å². The lowest BCUT2D eigenvalue weighted by atomic mass is 9.70. The van der Waals surface area contributed by atoms with Gasteiger partial charge in [0.1, 0.15) is 0 Å². The molecule has 0 saturated heterocycles. The van der Waals surface area contributed by atoms with E-state index in [1.807, 2.05) is 11.8 Å². The van der Waals surface area contributed by atoms with Gasteiger partial charge in [-0.25, -0.2) is 0 Å². The van der Waals surface area contributed by atoms with Crippen LogP contribution in [0.4, 0.5) is 0 Å². The summed E-state index contributed by atoms with van der Waals surface area (Å²) >= 11 is 2.04. The maximum absolute atomic E-state index is 3.82. The quantitative estimate of drug-likeness (QED) is 0.785. The Morgan fingerprint density at radius 2 is 2.06 bits per heavy atom. The largest absolute Gasteiger partial charge is 0.311 e. The average molecular weight is 243 g/mol. The van der Waals surface area contributed by atoms with Crippen molar-refractivity contribution in [1.29, 1.82) is 0 Å². The van der Waals surface area contributed by atoms with Gasteiger partial charge in [0.25, 0.3) is 0 Å². The predicted molar refractivity (Wildman–Crippen MR) is 76.2 cm³/mol. The second-order valence-corrected chi connectivity index (χ2v) is 7.66. The fraction of sp³-hybridized carbons (Fsp3) is 1.00. The standard InChI is InChI=1S/C14H29NS/c1-6-16-10-12(3)15-13-7-11(2)8-14(4,5)9-13/h11-13,15H,6-10H2,1-5H3. The number of nitrogens with one attached hydrogen (secondary N) is 1. The Balaban J connectivity index is 2.35. The summed E-state index contributed by atoms with van der Waals surface area (Å²) in [6, 6.07) is 1.40. The van der Waals surface area contributed by atoms with Crippen molar-refractivity contribution < 1.29 is 0 Å². The van der Waals surface area contributed by atoms with Gasteiger partial charge in [0.2, 0.25) is 0 Å². The third kappa shape index (κ3) is 5.09. The molecule has 1 nitrogen and oxygen atoms in total. The molecule has 96 valence electrons. The smallest absolute Gasteiger partial charge is 0.0132 e. The lowest BCUT2D eigenvalue weighted by molar-refractivity contribution is 0.147. The first kappa shape index (κ1) is 14.4. The Bertz CT molecular complexity index is 203. The fourth-order valence-electron chi connectivity index (χ4n) is 3.22. The molecule has 0 bridgehead atoms. The zero-order valence-electron chi connectivity index (χ0n) is 11.7. The van der Waals surface area contributed by atoms with E-state index in [1.165, 1.54) is 30.8 Å². The van der Waals surface area contributed by atoms with Crippen molar-refractivity contribution in [3.05, 3.63) is 0 Å². The number of hydrogen-bond acceptors (Lipinski definition) is 2. The van der Waals surface area contributed by atoms with E-state index < -0.39 is 0 Å². The number of rotatable bonds is 5. The van der Waals surface area contributed by atoms with Crippen molar-refractivity contribution in [2.24, 2.45) is 11.3 Å². The summed E-state index contributed by atoms with van der Waals surface area (Å²) in [7, 11) is 0. The van der Waals surface area contributed by atoms with Crippen molar-refractivity contribution in [2.45, 2.75) is 66.0 Å². The summed E-state index contributed by atoms with van der Waals surface area (Å²) < 4.78 is 0. The van der Waals surface area contributed by atoms with Crippen molar-refractivity contribution in [2.75, 3.05) is 11.5 Å². The zero-order valence-corrected chi connectivity index (χ0v) is 12.5. The molecule has 1 rings (SSSR count). The molecular formula is C14H29NS. The molecule has 0 spiro atoms. The molecule has 3 unspecified atom stereocenters. The van der Waals surface area contributed by atoms with Gasteiger partial charge >= 0.3 is 0 Å². The lowest BCUT2D eigenvalue weighted by Gasteiger charge is -2.40. The van der Waals surface area contributed by atoms with E-state index in [9.17, 15) is 0 Å². The SMILES string of the molecule is CCSCC(C)NC1CC(C)CC(C)(C)C1. The van der Waals surface area contributed by atoms with Gasteiger partial charge in [-0.1, -0.05) is 27.7 Å². The molecule has 1 saturated carbocycles. The molecule has 0 aliphatic heterocycles. The maximum Gasteiger partial charge on any atom is 0.0132 e. The minimum Gasteiger partial charge on any atom is -0.311 e. The van der Waals surface area contributed by atoms with Gasteiger partial charge in [0, 0.05) is 17.8 Å². The van der Waals surface area contributed by atoms with E-state index in [-0.39, 0.29) is 0 Å². The van der Waals surface area contributed by atoms with Crippen LogP contribution in [0, 0.1) is 11.3 Å². The summed E-state index contributed by atoms with van der Waals surface area (Å²) in [5, 5.41) is 3.82. The first-order chi connectivity index (χ1) is 7.43. The zero-order chi connectivity index (χ0) is 12.2. The van der Waals surface area contributed by atoms with Crippen LogP contribution < -0.4 is 5.32 Å². The molecule has 0 aromatic rings. The van der Waals surface area contributed by atoms with Gasteiger partial charge in [0.05, 0.1) is 0 Å². The van der Waals surface area contributed by atoms with Crippen LogP contribution in [0.25, 0.3) is 0 Å². The third-order valence-corrected chi connectivity index (χ3v) is 4.62. The molecule has 1 fully saturated rings. The van der Waals surface area contributed by atoms with Crippen LogP contribution in [-0.4, -0.2) is 23.6 Å². The summed E-state index contributed by atoms with van der Waals surface area (Å²) in [4.78, 5) is 0. The molecule has 0 aromatic heterocycles. The molecule has 3 atom stereocenters. The van der Waals surface area contributed by atoms with Crippen LogP contribution in [0.15, 0.2) is 0 Å². The van der Waals surface area contributed by atoms with Crippen molar-refractivity contribution in [3.63, 3.8) is 0 Å². The average Bonchev–Trinajstić information content (AvgIpc) is 2.11. The van der Waals surface area contributed by atoms with Crippen LogP contribution >= 0.6 is 11.8 Å². The molecule has 1 aliphatic carbocycles. The monoisotopic (exact) mass is 243 g/mol. The van der Waals surface area contributed by atoms with Crippen molar-refractivity contribution in [1.82, 2.24) is 5.32 Å². The Morgan fingerprint density at radius 3 is 2.62 bits per heavy atom. The number of thioether (sulfide) groups is 1. The normalized spacial score (nSPS) is 31.3. The van der Waals surface area contributed by atoms with E-state index in [1.54, 1.807) is 0 Å². The molecule has 0 amide bonds. The summed E-state index contributed by atoms with van der Waals surface area (Å²) in [5.41, 5.74) is 0.535. The second-order valence-electron chi connectivity index (χ2n) is 6.34. The molecule has 1 aliphatic rings. The van der Waals surface area contributed by atoms with Crippen LogP contribution in [-0.2, 0) is 0 Å². The molecule has 1 N–H and O–H groups in total. The maximum atomic E-state index is 3.82. The van der Waals surface area contributed by atoms with E-state index in [2.05, 4.69) is 39.9 Å². The van der Waals surface area contributed by atoms with Gasteiger partial charge < -0.3 is 5.32 Å². The minimum absolute atomic E-state index is 0.535. The Morgan fingerprint density at radius 1 is 1.38 bits per heavy atom. The highest BCUT2D eigenvalue weighted by Crippen LogP contribution is 2.38. The van der Waals surface area contributed by atoms with E-state index in [0.717, 1.165) is 12.0 Å². The van der Waals surface area contributed by atoms with E-state index >= 15 is 0 Å². The Hall–Kier alpha value is 0.310. The highest BCUT2D eigenvalue weighted by atomic mass is 32.2. The predicted octanol–water partition coefficient (Wildman–Crippen LogP) is 3.93. The third-order valence-electron chi connectivity index (χ3n) is 3.48. The lowest BCUT2D eigenvalue weighted by Crippen LogP contribution is -2.44. The number of hydrogen-bond donors (Lipinski definition) is 1. The van der Waals surface area contributed by atoms with Crippen molar-refractivity contribution in [3.8, 4) is 0 Å². The van der Waals surface area contributed by atoms with Crippen LogP contribution in [0.5, 0.6) is 0 Å². The first-order valence-electron chi connectivity index (χ1n) is 6.76. The Kier molecular flexibility index (Phi) is 5.66. The topological polar surface area (TPSA) is 12.0 Å². The Labute approximate surface area is 106 Å². The molecule has 16 heavy (non-hydrogen) atoms. The first-order valence-corrected chi connectivity index (χ1v) is 7.92. The highest BCUT2D eigenvalue weighted by Gasteiger charge is 2.32. The van der Waals surface area contributed by atoms with E-state index in [4.69, 9.17) is 0 Å². The molecule has 0 aromatic carbocycles. The van der Waals surface area contributed by atoms with Gasteiger partial charge in [-0.2, -0.15) is 11.8 Å². The van der Waals surface area contributed by atoms with Gasteiger partial charge in [-0.05, 0) is 43.3 Å². The molecular weight excluding hydrogens is 214 g/mol. The van der Waals surface area contributed by atoms with Crippen molar-refractivity contribution >= 4 is 11.8 Å². The van der Waals surface area contributed by atoms with Crippen LogP contribution in [0.2, 0.25) is 0 Å². The van der Waals surface area contributed by atoms with Crippen LogP contribution in [0.3, 0.4) is 0 Å². The highest BCUT2D eigenvalue weighted by molar-refractivity contribution is 7.99. The van der Waals surface area contributed by atoms with Gasteiger partial charge in [-0.3, -0.25) is 0 Å². The molecule has 0 radical (unpaired) electrons. The summed E-state index contributed by atoms with van der Waals surface area (Å²) in [6.45, 7) is 11.8. The minimum atomic E-state index is 0.535. The van der Waals surface area contributed by atoms with E-state index in [0.29, 0.717) is 11.5 Å².